The first kappa shape index (κ1) is 21.5. The second-order valence-corrected chi connectivity index (χ2v) is 8.64. The quantitative estimate of drug-likeness (QED) is 0.522. The van der Waals surface area contributed by atoms with Crippen LogP contribution in [-0.2, 0) is 9.53 Å². The average Bonchev–Trinajstić information content (AvgIpc) is 3.35. The standard InChI is InChI=1S/C23H28N8O2/c1-14(2)27-22-21-16(9-18(28-22)15-5-8-33-13-15)10-26-23(30-21)29-19-4-3-17(11-25-19)31-7-6-24-12-20(31)32/h3-4,9-11,14-15,24H,5-8,12-13H2,1-2H3,(H,27,28)(H,25,26,29,30)/t15-/m1/s1. The van der Waals surface area contributed by atoms with Crippen LogP contribution in [0.25, 0.3) is 10.9 Å². The molecule has 0 unspecified atom stereocenters. The Bertz CT molecular complexity index is 1150. The lowest BCUT2D eigenvalue weighted by Crippen LogP contribution is -2.48. The molecule has 0 saturated carbocycles. The topological polar surface area (TPSA) is 117 Å². The van der Waals surface area contributed by atoms with Gasteiger partial charge in [0.05, 0.1) is 25.0 Å². The van der Waals surface area contributed by atoms with Crippen LogP contribution in [0.1, 0.15) is 31.9 Å². The summed E-state index contributed by atoms with van der Waals surface area (Å²) in [5, 5.41) is 10.6. The lowest BCUT2D eigenvalue weighted by atomic mass is 10.0. The molecule has 0 aromatic carbocycles. The molecule has 0 aliphatic carbocycles. The van der Waals surface area contributed by atoms with Crippen molar-refractivity contribution in [3.05, 3.63) is 36.3 Å². The Hall–Kier alpha value is -3.37. The molecule has 1 atom stereocenters. The van der Waals surface area contributed by atoms with E-state index in [1.807, 2.05) is 18.3 Å². The number of aromatic nitrogens is 4. The van der Waals surface area contributed by atoms with Crippen LogP contribution in [0.2, 0.25) is 0 Å². The summed E-state index contributed by atoms with van der Waals surface area (Å²) in [5.41, 5.74) is 2.54. The number of pyridine rings is 2. The predicted octanol–water partition coefficient (Wildman–Crippen LogP) is 2.42. The minimum absolute atomic E-state index is 0.0443. The number of carbonyl (C=O) groups is 1. The van der Waals surface area contributed by atoms with E-state index in [-0.39, 0.29) is 11.9 Å². The maximum atomic E-state index is 12.1. The highest BCUT2D eigenvalue weighted by Gasteiger charge is 2.22. The van der Waals surface area contributed by atoms with Gasteiger partial charge in [0.15, 0.2) is 5.82 Å². The molecular formula is C23H28N8O2. The molecule has 3 N–H and O–H groups in total. The Balaban J connectivity index is 1.40. The molecule has 2 aliphatic rings. The van der Waals surface area contributed by atoms with Gasteiger partial charge in [-0.25, -0.2) is 19.9 Å². The van der Waals surface area contributed by atoms with Crippen LogP contribution in [0.3, 0.4) is 0 Å². The Kier molecular flexibility index (Phi) is 6.01. The number of hydrogen-bond donors (Lipinski definition) is 3. The summed E-state index contributed by atoms with van der Waals surface area (Å²) >= 11 is 0. The monoisotopic (exact) mass is 448 g/mol. The SMILES string of the molecule is CC(C)Nc1nc([C@@H]2CCOC2)cc2cnc(Nc3ccc(N4CCNCC4=O)cn3)nc12. The summed E-state index contributed by atoms with van der Waals surface area (Å²) < 4.78 is 5.55. The van der Waals surface area contributed by atoms with Crippen molar-refractivity contribution in [3.8, 4) is 0 Å². The number of amides is 1. The van der Waals surface area contributed by atoms with Crippen molar-refractivity contribution in [1.82, 2.24) is 25.3 Å². The van der Waals surface area contributed by atoms with Gasteiger partial charge >= 0.3 is 0 Å². The van der Waals surface area contributed by atoms with E-state index < -0.39 is 0 Å². The lowest BCUT2D eigenvalue weighted by molar-refractivity contribution is -0.118. The number of anilines is 4. The van der Waals surface area contributed by atoms with Crippen molar-refractivity contribution in [2.24, 2.45) is 0 Å². The molecule has 172 valence electrons. The van der Waals surface area contributed by atoms with Crippen LogP contribution < -0.4 is 20.9 Å². The summed E-state index contributed by atoms with van der Waals surface area (Å²) in [6, 6.07) is 5.97. The van der Waals surface area contributed by atoms with Crippen molar-refractivity contribution in [2.45, 2.75) is 32.2 Å². The zero-order valence-electron chi connectivity index (χ0n) is 18.8. The zero-order valence-corrected chi connectivity index (χ0v) is 18.8. The van der Waals surface area contributed by atoms with Gasteiger partial charge in [-0.15, -0.1) is 0 Å². The van der Waals surface area contributed by atoms with Gasteiger partial charge in [0.2, 0.25) is 11.9 Å². The second kappa shape index (κ2) is 9.24. The fraction of sp³-hybridized carbons (Fsp3) is 0.435. The van der Waals surface area contributed by atoms with Gasteiger partial charge in [-0.3, -0.25) is 4.79 Å². The van der Waals surface area contributed by atoms with Crippen molar-refractivity contribution in [3.63, 3.8) is 0 Å². The van der Waals surface area contributed by atoms with E-state index in [9.17, 15) is 4.79 Å². The number of carbonyl (C=O) groups excluding carboxylic acids is 1. The number of fused-ring (bicyclic) bond motifs is 1. The second-order valence-electron chi connectivity index (χ2n) is 8.64. The van der Waals surface area contributed by atoms with Crippen LogP contribution in [0, 0.1) is 0 Å². The van der Waals surface area contributed by atoms with Crippen molar-refractivity contribution in [2.75, 3.05) is 48.4 Å². The smallest absolute Gasteiger partial charge is 0.241 e. The fourth-order valence-electron chi connectivity index (χ4n) is 4.08. The molecule has 0 radical (unpaired) electrons. The summed E-state index contributed by atoms with van der Waals surface area (Å²) in [6.45, 7) is 7.37. The molecule has 1 amide bonds. The first-order valence-corrected chi connectivity index (χ1v) is 11.3. The van der Waals surface area contributed by atoms with Crippen molar-refractivity contribution < 1.29 is 9.53 Å². The van der Waals surface area contributed by atoms with E-state index in [1.165, 1.54) is 0 Å². The largest absolute Gasteiger partial charge is 0.381 e. The molecule has 33 heavy (non-hydrogen) atoms. The Morgan fingerprint density at radius 1 is 1.21 bits per heavy atom. The van der Waals surface area contributed by atoms with E-state index in [0.717, 1.165) is 47.7 Å². The van der Waals surface area contributed by atoms with Crippen LogP contribution in [-0.4, -0.2) is 64.7 Å². The maximum absolute atomic E-state index is 12.1. The van der Waals surface area contributed by atoms with Gasteiger partial charge < -0.3 is 25.6 Å². The molecule has 2 saturated heterocycles. The maximum Gasteiger partial charge on any atom is 0.241 e. The first-order valence-electron chi connectivity index (χ1n) is 11.3. The summed E-state index contributed by atoms with van der Waals surface area (Å²) in [5.74, 6) is 2.13. The number of hydrogen-bond acceptors (Lipinski definition) is 9. The summed E-state index contributed by atoms with van der Waals surface area (Å²) in [4.78, 5) is 32.4. The van der Waals surface area contributed by atoms with E-state index in [4.69, 9.17) is 14.7 Å². The normalized spacial score (nSPS) is 18.8. The minimum atomic E-state index is 0.0443. The van der Waals surface area contributed by atoms with Gasteiger partial charge in [-0.2, -0.15) is 0 Å². The third-order valence-electron chi connectivity index (χ3n) is 5.75. The van der Waals surface area contributed by atoms with Gasteiger partial charge in [-0.1, -0.05) is 0 Å². The lowest BCUT2D eigenvalue weighted by Gasteiger charge is -2.27. The van der Waals surface area contributed by atoms with Crippen LogP contribution in [0.5, 0.6) is 0 Å². The molecule has 2 aliphatic heterocycles. The molecular weight excluding hydrogens is 420 g/mol. The molecule has 3 aromatic heterocycles. The molecule has 0 spiro atoms. The van der Waals surface area contributed by atoms with Gasteiger partial charge in [0.1, 0.15) is 11.3 Å². The molecule has 0 bridgehead atoms. The van der Waals surface area contributed by atoms with Crippen LogP contribution >= 0.6 is 0 Å². The molecule has 3 aromatic rings. The number of rotatable bonds is 6. The highest BCUT2D eigenvalue weighted by atomic mass is 16.5. The number of ether oxygens (including phenoxy) is 1. The molecule has 5 heterocycles. The highest BCUT2D eigenvalue weighted by Crippen LogP contribution is 2.30. The molecule has 5 rings (SSSR count). The molecule has 2 fully saturated rings. The number of piperazine rings is 1. The number of nitrogens with one attached hydrogen (secondary N) is 3. The predicted molar refractivity (Wildman–Crippen MR) is 127 cm³/mol. The Labute approximate surface area is 192 Å². The van der Waals surface area contributed by atoms with Crippen molar-refractivity contribution in [1.29, 1.82) is 0 Å². The van der Waals surface area contributed by atoms with E-state index >= 15 is 0 Å². The zero-order chi connectivity index (χ0) is 22.8. The minimum Gasteiger partial charge on any atom is -0.381 e. The fourth-order valence-corrected chi connectivity index (χ4v) is 4.08. The Morgan fingerprint density at radius 3 is 2.85 bits per heavy atom. The molecule has 10 heteroatoms. The van der Waals surface area contributed by atoms with E-state index in [1.54, 1.807) is 11.1 Å². The van der Waals surface area contributed by atoms with Crippen LogP contribution in [0.4, 0.5) is 23.3 Å². The third kappa shape index (κ3) is 4.71. The third-order valence-corrected chi connectivity index (χ3v) is 5.75. The average molecular weight is 449 g/mol. The van der Waals surface area contributed by atoms with Crippen LogP contribution in [0.15, 0.2) is 30.6 Å². The van der Waals surface area contributed by atoms with E-state index in [0.29, 0.717) is 37.4 Å². The Morgan fingerprint density at radius 2 is 2.12 bits per heavy atom. The number of nitrogens with zero attached hydrogens (tertiary/aromatic N) is 5. The first-order chi connectivity index (χ1) is 16.1. The highest BCUT2D eigenvalue weighted by molar-refractivity contribution is 5.95. The molecule has 10 nitrogen and oxygen atoms in total. The summed E-state index contributed by atoms with van der Waals surface area (Å²) in [6.07, 6.45) is 4.47. The van der Waals surface area contributed by atoms with Gasteiger partial charge in [-0.05, 0) is 38.5 Å². The van der Waals surface area contributed by atoms with Gasteiger partial charge in [0.25, 0.3) is 0 Å². The van der Waals surface area contributed by atoms with Crippen molar-refractivity contribution >= 4 is 40.1 Å². The van der Waals surface area contributed by atoms with E-state index in [2.05, 4.69) is 45.8 Å². The summed E-state index contributed by atoms with van der Waals surface area (Å²) in [7, 11) is 0. The van der Waals surface area contributed by atoms with Gasteiger partial charge in [0, 0.05) is 48.9 Å².